The molecular weight excluding hydrogens is 188 g/mol. The van der Waals surface area contributed by atoms with Gasteiger partial charge >= 0.3 is 5.97 Å². The highest BCUT2D eigenvalue weighted by molar-refractivity contribution is 5.97. The van der Waals surface area contributed by atoms with Crippen LogP contribution >= 0.6 is 0 Å². The number of carbonyl (C=O) groups excluding carboxylic acids is 1. The van der Waals surface area contributed by atoms with Crippen LogP contribution in [0.2, 0.25) is 0 Å². The zero-order valence-corrected chi connectivity index (χ0v) is 7.81. The fourth-order valence-electron chi connectivity index (χ4n) is 0.893. The van der Waals surface area contributed by atoms with Gasteiger partial charge in [0.15, 0.2) is 5.76 Å². The maximum atomic E-state index is 11.4. The minimum atomic E-state index is -1.20. The predicted molar refractivity (Wildman–Crippen MR) is 46.5 cm³/mol. The van der Waals surface area contributed by atoms with Crippen LogP contribution in [0, 0.1) is 0 Å². The van der Waals surface area contributed by atoms with Gasteiger partial charge in [0.05, 0.1) is 0 Å². The minimum Gasteiger partial charge on any atom is -0.475 e. The highest BCUT2D eigenvalue weighted by atomic mass is 16.5. The van der Waals surface area contributed by atoms with E-state index in [4.69, 9.17) is 14.3 Å². The third-order valence-corrected chi connectivity index (χ3v) is 1.78. The number of methoxy groups -OCH3 is 1. The zero-order chi connectivity index (χ0) is 10.7. The molecule has 0 aliphatic rings. The second kappa shape index (κ2) is 4.06. The molecule has 0 aliphatic carbocycles. The zero-order valence-electron chi connectivity index (χ0n) is 7.81. The maximum Gasteiger partial charge on any atom is 0.371 e. The molecule has 0 spiro atoms. The average molecular weight is 198 g/mol. The Morgan fingerprint density at radius 2 is 2.00 bits per heavy atom. The second-order valence-electron chi connectivity index (χ2n) is 2.71. The van der Waals surface area contributed by atoms with Crippen LogP contribution in [0.3, 0.4) is 0 Å². The van der Waals surface area contributed by atoms with Gasteiger partial charge in [0, 0.05) is 7.11 Å². The summed E-state index contributed by atoms with van der Waals surface area (Å²) in [6.07, 6.45) is -0.636. The Hall–Kier alpha value is -1.62. The topological polar surface area (TPSA) is 76.7 Å². The molecule has 0 radical (unpaired) electrons. The lowest BCUT2D eigenvalue weighted by molar-refractivity contribution is 0.0609. The molecule has 1 aromatic heterocycles. The molecule has 14 heavy (non-hydrogen) atoms. The Bertz CT molecular complexity index is 352. The SMILES string of the molecule is COC(C)C(=O)c1ccc(C(=O)O)o1. The quantitative estimate of drug-likeness (QED) is 0.735. The lowest BCUT2D eigenvalue weighted by atomic mass is 10.2. The summed E-state index contributed by atoms with van der Waals surface area (Å²) in [6.45, 7) is 1.56. The first-order chi connectivity index (χ1) is 6.56. The number of Topliss-reactive ketones (excluding diaryl/α,β-unsaturated/α-hetero) is 1. The van der Waals surface area contributed by atoms with Crippen molar-refractivity contribution in [2.45, 2.75) is 13.0 Å². The van der Waals surface area contributed by atoms with Crippen LogP contribution in [0.1, 0.15) is 28.0 Å². The average Bonchev–Trinajstić information content (AvgIpc) is 2.64. The first-order valence-corrected chi connectivity index (χ1v) is 3.96. The fourth-order valence-corrected chi connectivity index (χ4v) is 0.893. The Balaban J connectivity index is 2.87. The van der Waals surface area contributed by atoms with Gasteiger partial charge in [-0.15, -0.1) is 0 Å². The summed E-state index contributed by atoms with van der Waals surface area (Å²) >= 11 is 0. The predicted octanol–water partition coefficient (Wildman–Crippen LogP) is 1.20. The Kier molecular flexibility index (Phi) is 3.03. The van der Waals surface area contributed by atoms with E-state index in [0.717, 1.165) is 0 Å². The van der Waals surface area contributed by atoms with Crippen LogP contribution in [0.25, 0.3) is 0 Å². The smallest absolute Gasteiger partial charge is 0.371 e. The van der Waals surface area contributed by atoms with Crippen LogP contribution in [0.15, 0.2) is 16.5 Å². The first kappa shape index (κ1) is 10.5. The van der Waals surface area contributed by atoms with Crippen LogP contribution < -0.4 is 0 Å². The molecule has 0 amide bonds. The van der Waals surface area contributed by atoms with Crippen molar-refractivity contribution in [3.05, 3.63) is 23.7 Å². The molecule has 0 saturated heterocycles. The molecule has 5 heteroatoms. The summed E-state index contributed by atoms with van der Waals surface area (Å²) in [5, 5.41) is 8.54. The molecule has 1 atom stereocenters. The number of hydrogen-bond donors (Lipinski definition) is 1. The van der Waals surface area contributed by atoms with Crippen molar-refractivity contribution in [2.24, 2.45) is 0 Å². The molecule has 0 saturated carbocycles. The van der Waals surface area contributed by atoms with E-state index < -0.39 is 12.1 Å². The van der Waals surface area contributed by atoms with Gasteiger partial charge in [-0.25, -0.2) is 4.79 Å². The third-order valence-electron chi connectivity index (χ3n) is 1.78. The van der Waals surface area contributed by atoms with Crippen LogP contribution in [0.4, 0.5) is 0 Å². The van der Waals surface area contributed by atoms with Crippen molar-refractivity contribution in [3.63, 3.8) is 0 Å². The monoisotopic (exact) mass is 198 g/mol. The number of carbonyl (C=O) groups is 2. The number of furan rings is 1. The van der Waals surface area contributed by atoms with Crippen molar-refractivity contribution in [2.75, 3.05) is 7.11 Å². The molecule has 0 fully saturated rings. The summed E-state index contributed by atoms with van der Waals surface area (Å²) in [7, 11) is 1.39. The summed E-state index contributed by atoms with van der Waals surface area (Å²) in [4.78, 5) is 21.8. The van der Waals surface area contributed by atoms with Gasteiger partial charge in [-0.2, -0.15) is 0 Å². The number of aromatic carboxylic acids is 1. The molecule has 76 valence electrons. The number of hydrogen-bond acceptors (Lipinski definition) is 4. The van der Waals surface area contributed by atoms with Crippen LogP contribution in [-0.2, 0) is 4.74 Å². The largest absolute Gasteiger partial charge is 0.475 e. The van der Waals surface area contributed by atoms with Gasteiger partial charge in [0.2, 0.25) is 11.5 Å². The first-order valence-electron chi connectivity index (χ1n) is 3.96. The molecular formula is C9H10O5. The minimum absolute atomic E-state index is 0.00301. The number of carboxylic acids is 1. The number of rotatable bonds is 4. The van der Waals surface area contributed by atoms with E-state index in [-0.39, 0.29) is 17.3 Å². The van der Waals surface area contributed by atoms with Gasteiger partial charge < -0.3 is 14.3 Å². The molecule has 0 aromatic carbocycles. The number of ether oxygens (including phenoxy) is 1. The van der Waals surface area contributed by atoms with Crippen LogP contribution in [-0.4, -0.2) is 30.1 Å². The van der Waals surface area contributed by atoms with E-state index in [1.807, 2.05) is 0 Å². The van der Waals surface area contributed by atoms with E-state index in [9.17, 15) is 9.59 Å². The van der Waals surface area contributed by atoms with Gasteiger partial charge in [-0.3, -0.25) is 4.79 Å². The number of carboxylic acid groups (broad SMARTS) is 1. The van der Waals surface area contributed by atoms with E-state index in [1.54, 1.807) is 6.92 Å². The van der Waals surface area contributed by atoms with Gasteiger partial charge in [-0.05, 0) is 19.1 Å². The molecule has 1 heterocycles. The fraction of sp³-hybridized carbons (Fsp3) is 0.333. The Morgan fingerprint density at radius 3 is 2.43 bits per heavy atom. The molecule has 0 aliphatic heterocycles. The molecule has 1 N–H and O–H groups in total. The Labute approximate surface area is 80.3 Å². The Morgan fingerprint density at radius 1 is 1.43 bits per heavy atom. The van der Waals surface area contributed by atoms with Gasteiger partial charge in [-0.1, -0.05) is 0 Å². The van der Waals surface area contributed by atoms with E-state index in [0.29, 0.717) is 0 Å². The highest BCUT2D eigenvalue weighted by Gasteiger charge is 2.19. The molecule has 1 aromatic rings. The van der Waals surface area contributed by atoms with Crippen molar-refractivity contribution in [1.29, 1.82) is 0 Å². The summed E-state index contributed by atoms with van der Waals surface area (Å²) in [6, 6.07) is 2.55. The van der Waals surface area contributed by atoms with E-state index >= 15 is 0 Å². The lowest BCUT2D eigenvalue weighted by Gasteiger charge is -2.04. The van der Waals surface area contributed by atoms with E-state index in [1.165, 1.54) is 19.2 Å². The van der Waals surface area contributed by atoms with Crippen LogP contribution in [0.5, 0.6) is 0 Å². The second-order valence-corrected chi connectivity index (χ2v) is 2.71. The standard InChI is InChI=1S/C9H10O5/c1-5(13-2)8(10)6-3-4-7(14-6)9(11)12/h3-5H,1-2H3,(H,11,12). The van der Waals surface area contributed by atoms with Crippen molar-refractivity contribution >= 4 is 11.8 Å². The summed E-state index contributed by atoms with van der Waals surface area (Å²) in [5.74, 6) is -1.83. The molecule has 1 rings (SSSR count). The van der Waals surface area contributed by atoms with E-state index in [2.05, 4.69) is 0 Å². The normalized spacial score (nSPS) is 12.4. The maximum absolute atomic E-state index is 11.4. The third kappa shape index (κ3) is 2.00. The molecule has 0 bridgehead atoms. The lowest BCUT2D eigenvalue weighted by Crippen LogP contribution is -2.18. The summed E-state index contributed by atoms with van der Waals surface area (Å²) < 4.78 is 9.58. The highest BCUT2D eigenvalue weighted by Crippen LogP contribution is 2.11. The van der Waals surface area contributed by atoms with Gasteiger partial charge in [0.25, 0.3) is 0 Å². The van der Waals surface area contributed by atoms with Crippen molar-refractivity contribution < 1.29 is 23.8 Å². The summed E-state index contributed by atoms with van der Waals surface area (Å²) in [5.41, 5.74) is 0. The van der Waals surface area contributed by atoms with Crippen molar-refractivity contribution in [1.82, 2.24) is 0 Å². The van der Waals surface area contributed by atoms with Gasteiger partial charge in [0.1, 0.15) is 6.10 Å². The molecule has 5 nitrogen and oxygen atoms in total. The number of ketones is 1. The van der Waals surface area contributed by atoms with Crippen molar-refractivity contribution in [3.8, 4) is 0 Å². The molecule has 1 unspecified atom stereocenters.